The highest BCUT2D eigenvalue weighted by Crippen LogP contribution is 2.27. The van der Waals surface area contributed by atoms with Crippen molar-refractivity contribution in [2.45, 2.75) is 13.0 Å². The van der Waals surface area contributed by atoms with Crippen molar-refractivity contribution in [2.24, 2.45) is 0 Å². The average Bonchev–Trinajstić information content (AvgIpc) is 2.61. The summed E-state index contributed by atoms with van der Waals surface area (Å²) in [5.41, 5.74) is 2.75. The van der Waals surface area contributed by atoms with Crippen LogP contribution in [0.2, 0.25) is 0 Å². The van der Waals surface area contributed by atoms with Crippen LogP contribution in [0.1, 0.15) is 33.2 Å². The smallest absolute Gasteiger partial charge is 0.406 e. The SMILES string of the molecule is COC(=O)NCCOC(c1cccc(C)c1)c1cccc(C(=O)[O-])c1. The van der Waals surface area contributed by atoms with E-state index in [0.29, 0.717) is 5.56 Å². The molecular formula is C19H20NO5-. The number of amides is 1. The molecule has 0 aliphatic rings. The maximum absolute atomic E-state index is 11.1. The molecule has 1 unspecified atom stereocenters. The van der Waals surface area contributed by atoms with Crippen LogP contribution in [-0.4, -0.2) is 32.3 Å². The van der Waals surface area contributed by atoms with Gasteiger partial charge in [-0.3, -0.25) is 0 Å². The molecule has 0 aromatic heterocycles. The number of aryl methyl sites for hydroxylation is 1. The summed E-state index contributed by atoms with van der Waals surface area (Å²) < 4.78 is 10.4. The minimum atomic E-state index is -1.24. The summed E-state index contributed by atoms with van der Waals surface area (Å²) in [4.78, 5) is 22.2. The first-order valence-electron chi connectivity index (χ1n) is 7.82. The highest BCUT2D eigenvalue weighted by Gasteiger charge is 2.16. The topological polar surface area (TPSA) is 87.7 Å². The third-order valence-corrected chi connectivity index (χ3v) is 3.61. The fourth-order valence-electron chi connectivity index (χ4n) is 2.45. The second-order valence-electron chi connectivity index (χ2n) is 5.50. The summed E-state index contributed by atoms with van der Waals surface area (Å²) in [7, 11) is 1.29. The summed E-state index contributed by atoms with van der Waals surface area (Å²) in [6.07, 6.45) is -0.992. The monoisotopic (exact) mass is 342 g/mol. The van der Waals surface area contributed by atoms with Crippen LogP contribution in [0.3, 0.4) is 0 Å². The number of carboxylic acids is 1. The lowest BCUT2D eigenvalue weighted by atomic mass is 9.98. The van der Waals surface area contributed by atoms with Gasteiger partial charge in [-0.2, -0.15) is 0 Å². The van der Waals surface area contributed by atoms with Gasteiger partial charge in [-0.05, 0) is 29.7 Å². The zero-order valence-electron chi connectivity index (χ0n) is 14.2. The average molecular weight is 342 g/mol. The zero-order chi connectivity index (χ0) is 18.2. The zero-order valence-corrected chi connectivity index (χ0v) is 14.2. The molecule has 2 aromatic rings. The van der Waals surface area contributed by atoms with Crippen molar-refractivity contribution in [1.82, 2.24) is 5.32 Å². The molecule has 0 spiro atoms. The van der Waals surface area contributed by atoms with Gasteiger partial charge in [-0.15, -0.1) is 0 Å². The number of hydrogen-bond acceptors (Lipinski definition) is 5. The van der Waals surface area contributed by atoms with Crippen LogP contribution >= 0.6 is 0 Å². The molecule has 1 N–H and O–H groups in total. The number of carbonyl (C=O) groups excluding carboxylic acids is 2. The lowest BCUT2D eigenvalue weighted by Crippen LogP contribution is -2.27. The minimum Gasteiger partial charge on any atom is -0.545 e. The first kappa shape index (κ1) is 18.5. The molecule has 0 heterocycles. The van der Waals surface area contributed by atoms with Crippen LogP contribution in [0.25, 0.3) is 0 Å². The fraction of sp³-hybridized carbons (Fsp3) is 0.263. The number of aromatic carboxylic acids is 1. The van der Waals surface area contributed by atoms with Crippen molar-refractivity contribution >= 4 is 12.1 Å². The van der Waals surface area contributed by atoms with Gasteiger partial charge in [0, 0.05) is 6.54 Å². The third-order valence-electron chi connectivity index (χ3n) is 3.61. The Hall–Kier alpha value is -2.86. The van der Waals surface area contributed by atoms with Gasteiger partial charge < -0.3 is 24.7 Å². The lowest BCUT2D eigenvalue weighted by molar-refractivity contribution is -0.255. The van der Waals surface area contributed by atoms with Crippen LogP contribution in [-0.2, 0) is 9.47 Å². The van der Waals surface area contributed by atoms with Gasteiger partial charge in [-0.25, -0.2) is 4.79 Å². The molecule has 0 radical (unpaired) electrons. The molecule has 0 bridgehead atoms. The van der Waals surface area contributed by atoms with E-state index in [9.17, 15) is 14.7 Å². The molecule has 6 heteroatoms. The summed E-state index contributed by atoms with van der Waals surface area (Å²) in [5, 5.41) is 13.7. The van der Waals surface area contributed by atoms with Crippen molar-refractivity contribution < 1.29 is 24.2 Å². The van der Waals surface area contributed by atoms with Gasteiger partial charge in [0.2, 0.25) is 0 Å². The molecule has 0 saturated carbocycles. The molecule has 6 nitrogen and oxygen atoms in total. The minimum absolute atomic E-state index is 0.0893. The summed E-state index contributed by atoms with van der Waals surface area (Å²) >= 11 is 0. The highest BCUT2D eigenvalue weighted by atomic mass is 16.5. The third kappa shape index (κ3) is 5.32. The molecule has 132 valence electrons. The first-order chi connectivity index (χ1) is 12.0. The van der Waals surface area contributed by atoms with E-state index in [4.69, 9.17) is 4.74 Å². The van der Waals surface area contributed by atoms with E-state index in [-0.39, 0.29) is 18.7 Å². The van der Waals surface area contributed by atoms with Crippen LogP contribution in [0, 0.1) is 6.92 Å². The number of carboxylic acid groups (broad SMARTS) is 1. The number of ether oxygens (including phenoxy) is 2. The predicted molar refractivity (Wildman–Crippen MR) is 90.2 cm³/mol. The number of rotatable bonds is 7. The largest absolute Gasteiger partial charge is 0.545 e. The molecule has 0 aliphatic heterocycles. The molecule has 1 atom stereocenters. The fourth-order valence-corrected chi connectivity index (χ4v) is 2.45. The van der Waals surface area contributed by atoms with E-state index in [2.05, 4.69) is 10.1 Å². The quantitative estimate of drug-likeness (QED) is 0.776. The van der Waals surface area contributed by atoms with Gasteiger partial charge in [0.25, 0.3) is 0 Å². The Morgan fingerprint density at radius 3 is 2.44 bits per heavy atom. The number of nitrogens with one attached hydrogen (secondary N) is 1. The molecule has 25 heavy (non-hydrogen) atoms. The van der Waals surface area contributed by atoms with Gasteiger partial charge in [0.15, 0.2) is 0 Å². The Bertz CT molecular complexity index is 744. The molecule has 2 rings (SSSR count). The highest BCUT2D eigenvalue weighted by molar-refractivity contribution is 5.85. The molecule has 2 aromatic carbocycles. The predicted octanol–water partition coefficient (Wildman–Crippen LogP) is 1.82. The first-order valence-corrected chi connectivity index (χ1v) is 7.82. The number of carbonyl (C=O) groups is 2. The number of hydrogen-bond donors (Lipinski definition) is 1. The van der Waals surface area contributed by atoms with E-state index in [1.54, 1.807) is 12.1 Å². The van der Waals surface area contributed by atoms with E-state index in [1.165, 1.54) is 19.2 Å². The molecular weight excluding hydrogens is 322 g/mol. The van der Waals surface area contributed by atoms with Crippen LogP contribution in [0.15, 0.2) is 48.5 Å². The Balaban J connectivity index is 2.21. The number of benzene rings is 2. The van der Waals surface area contributed by atoms with Crippen molar-refractivity contribution in [3.63, 3.8) is 0 Å². The second kappa shape index (κ2) is 8.84. The van der Waals surface area contributed by atoms with Gasteiger partial charge in [-0.1, -0.05) is 48.0 Å². The molecule has 0 aliphatic carbocycles. The van der Waals surface area contributed by atoms with Crippen molar-refractivity contribution in [2.75, 3.05) is 20.3 Å². The van der Waals surface area contributed by atoms with Crippen LogP contribution < -0.4 is 10.4 Å². The number of alkyl carbamates (subject to hydrolysis) is 1. The normalized spacial score (nSPS) is 11.6. The van der Waals surface area contributed by atoms with Crippen LogP contribution in [0.5, 0.6) is 0 Å². The van der Waals surface area contributed by atoms with Gasteiger partial charge in [0.1, 0.15) is 6.10 Å². The van der Waals surface area contributed by atoms with E-state index in [1.807, 2.05) is 31.2 Å². The molecule has 0 saturated heterocycles. The Morgan fingerprint density at radius 1 is 1.12 bits per heavy atom. The van der Waals surface area contributed by atoms with E-state index in [0.717, 1.165) is 11.1 Å². The van der Waals surface area contributed by atoms with Crippen molar-refractivity contribution in [3.8, 4) is 0 Å². The van der Waals surface area contributed by atoms with Crippen molar-refractivity contribution in [1.29, 1.82) is 0 Å². The lowest BCUT2D eigenvalue weighted by Gasteiger charge is -2.20. The molecule has 1 amide bonds. The van der Waals surface area contributed by atoms with Crippen LogP contribution in [0.4, 0.5) is 4.79 Å². The standard InChI is InChI=1S/C19H21NO5/c1-13-5-3-6-14(11-13)17(25-10-9-20-19(23)24-2)15-7-4-8-16(12-15)18(21)22/h3-8,11-12,17H,9-10H2,1-2H3,(H,20,23)(H,21,22)/p-1. The Kier molecular flexibility index (Phi) is 6.54. The summed E-state index contributed by atoms with van der Waals surface area (Å²) in [6.45, 7) is 2.48. The van der Waals surface area contributed by atoms with Gasteiger partial charge >= 0.3 is 6.09 Å². The number of methoxy groups -OCH3 is 1. The summed E-state index contributed by atoms with van der Waals surface area (Å²) in [6, 6.07) is 14.2. The maximum atomic E-state index is 11.1. The van der Waals surface area contributed by atoms with Gasteiger partial charge in [0.05, 0.1) is 19.7 Å². The molecule has 0 fully saturated rings. The van der Waals surface area contributed by atoms with E-state index >= 15 is 0 Å². The maximum Gasteiger partial charge on any atom is 0.406 e. The second-order valence-corrected chi connectivity index (χ2v) is 5.50. The Morgan fingerprint density at radius 2 is 1.80 bits per heavy atom. The summed E-state index contributed by atoms with van der Waals surface area (Å²) in [5.74, 6) is -1.24. The Labute approximate surface area is 146 Å². The van der Waals surface area contributed by atoms with E-state index < -0.39 is 18.2 Å². The van der Waals surface area contributed by atoms with Crippen molar-refractivity contribution in [3.05, 3.63) is 70.8 Å².